The summed E-state index contributed by atoms with van der Waals surface area (Å²) in [4.78, 5) is 0. The molecule has 0 saturated carbocycles. The molecule has 0 saturated heterocycles. The van der Waals surface area contributed by atoms with E-state index in [-0.39, 0.29) is 5.60 Å². The topological polar surface area (TPSA) is 55.5 Å². The first-order valence-electron chi connectivity index (χ1n) is 3.98. The van der Waals surface area contributed by atoms with Crippen molar-refractivity contribution < 1.29 is 9.84 Å². The molecule has 0 aliphatic heterocycles. The Hall–Kier alpha value is -0.120. The first-order valence-corrected chi connectivity index (χ1v) is 3.98. The van der Waals surface area contributed by atoms with Gasteiger partial charge in [-0.1, -0.05) is 0 Å². The van der Waals surface area contributed by atoms with Crippen molar-refractivity contribution in [3.8, 4) is 0 Å². The van der Waals surface area contributed by atoms with Gasteiger partial charge in [0.1, 0.15) is 0 Å². The summed E-state index contributed by atoms with van der Waals surface area (Å²) < 4.78 is 5.34. The molecule has 0 aromatic carbocycles. The summed E-state index contributed by atoms with van der Waals surface area (Å²) in [5.74, 6) is 0. The minimum Gasteiger partial charge on any atom is -0.391 e. The molecule has 0 radical (unpaired) electrons. The minimum absolute atomic E-state index is 0.171. The van der Waals surface area contributed by atoms with E-state index < -0.39 is 6.10 Å². The monoisotopic (exact) mass is 161 g/mol. The summed E-state index contributed by atoms with van der Waals surface area (Å²) >= 11 is 0. The molecule has 3 N–H and O–H groups in total. The maximum Gasteiger partial charge on any atom is 0.0786 e. The summed E-state index contributed by atoms with van der Waals surface area (Å²) in [6.45, 7) is 6.77. The Morgan fingerprint density at radius 2 is 2.00 bits per heavy atom. The fraction of sp³-hybridized carbons (Fsp3) is 1.00. The average Bonchev–Trinajstić information content (AvgIpc) is 1.83. The van der Waals surface area contributed by atoms with Crippen molar-refractivity contribution in [1.82, 2.24) is 0 Å². The van der Waals surface area contributed by atoms with Crippen molar-refractivity contribution in [3.05, 3.63) is 0 Å². The van der Waals surface area contributed by atoms with Crippen LogP contribution in [0.3, 0.4) is 0 Å². The Labute approximate surface area is 68.5 Å². The number of ether oxygens (including phenoxy) is 1. The molecule has 0 aliphatic rings. The number of hydrogen-bond acceptors (Lipinski definition) is 3. The van der Waals surface area contributed by atoms with E-state index in [2.05, 4.69) is 0 Å². The number of aliphatic hydroxyl groups is 1. The molecule has 0 aliphatic carbocycles. The van der Waals surface area contributed by atoms with Crippen LogP contribution in [0.4, 0.5) is 0 Å². The van der Waals surface area contributed by atoms with Crippen LogP contribution < -0.4 is 5.73 Å². The van der Waals surface area contributed by atoms with Gasteiger partial charge in [0.05, 0.1) is 18.3 Å². The Bertz CT molecular complexity index is 98.8. The molecule has 0 heterocycles. The Morgan fingerprint density at radius 1 is 1.45 bits per heavy atom. The molecule has 0 rings (SSSR count). The van der Waals surface area contributed by atoms with Crippen LogP contribution in [0, 0.1) is 0 Å². The molecule has 11 heavy (non-hydrogen) atoms. The van der Waals surface area contributed by atoms with Crippen LogP contribution in [0.1, 0.15) is 27.2 Å². The van der Waals surface area contributed by atoms with Gasteiger partial charge in [-0.05, 0) is 33.7 Å². The van der Waals surface area contributed by atoms with Gasteiger partial charge in [-0.25, -0.2) is 0 Å². The molecular formula is C8H19NO2. The maximum absolute atomic E-state index is 9.21. The molecule has 0 unspecified atom stereocenters. The maximum atomic E-state index is 9.21. The third kappa shape index (κ3) is 7.78. The molecule has 0 fully saturated rings. The van der Waals surface area contributed by atoms with Crippen molar-refractivity contribution in [2.45, 2.75) is 38.9 Å². The minimum atomic E-state index is -0.417. The summed E-state index contributed by atoms with van der Waals surface area (Å²) in [6, 6.07) is 0. The number of aliphatic hydroxyl groups excluding tert-OH is 1. The van der Waals surface area contributed by atoms with Crippen LogP contribution >= 0.6 is 0 Å². The normalized spacial score (nSPS) is 15.0. The molecule has 0 aromatic rings. The zero-order valence-electron chi connectivity index (χ0n) is 7.63. The van der Waals surface area contributed by atoms with Crippen LogP contribution in [0.5, 0.6) is 0 Å². The average molecular weight is 161 g/mol. The number of nitrogens with two attached hydrogens (primary N) is 1. The molecule has 68 valence electrons. The van der Waals surface area contributed by atoms with Gasteiger partial charge in [-0.15, -0.1) is 0 Å². The third-order valence-corrected chi connectivity index (χ3v) is 1.21. The zero-order chi connectivity index (χ0) is 8.91. The van der Waals surface area contributed by atoms with Gasteiger partial charge >= 0.3 is 0 Å². The van der Waals surface area contributed by atoms with Crippen LogP contribution in [-0.2, 0) is 4.74 Å². The van der Waals surface area contributed by atoms with Crippen LogP contribution in [0.2, 0.25) is 0 Å². The molecule has 0 bridgehead atoms. The lowest BCUT2D eigenvalue weighted by Crippen LogP contribution is -2.27. The van der Waals surface area contributed by atoms with Crippen LogP contribution in [0.25, 0.3) is 0 Å². The van der Waals surface area contributed by atoms with Crippen molar-refractivity contribution in [3.63, 3.8) is 0 Å². The highest BCUT2D eigenvalue weighted by atomic mass is 16.5. The highest BCUT2D eigenvalue weighted by Gasteiger charge is 2.12. The summed E-state index contributed by atoms with van der Waals surface area (Å²) in [6.07, 6.45) is 0.190. The molecule has 0 spiro atoms. The Kier molecular flexibility index (Phi) is 4.65. The lowest BCUT2D eigenvalue weighted by molar-refractivity contribution is -0.0497. The smallest absolute Gasteiger partial charge is 0.0786 e. The third-order valence-electron chi connectivity index (χ3n) is 1.21. The van der Waals surface area contributed by atoms with Crippen molar-refractivity contribution >= 4 is 0 Å². The van der Waals surface area contributed by atoms with Gasteiger partial charge in [-0.3, -0.25) is 0 Å². The highest BCUT2D eigenvalue weighted by Crippen LogP contribution is 2.07. The first kappa shape index (κ1) is 10.9. The zero-order valence-corrected chi connectivity index (χ0v) is 7.63. The second kappa shape index (κ2) is 4.70. The largest absolute Gasteiger partial charge is 0.391 e. The summed E-state index contributed by atoms with van der Waals surface area (Å²) in [5.41, 5.74) is 5.08. The van der Waals surface area contributed by atoms with E-state index in [1.54, 1.807) is 0 Å². The predicted octanol–water partition coefficient (Wildman–Crippen LogP) is 0.511. The molecule has 3 nitrogen and oxygen atoms in total. The van der Waals surface area contributed by atoms with E-state index in [1.165, 1.54) is 0 Å². The molecule has 0 amide bonds. The fourth-order valence-electron chi connectivity index (χ4n) is 0.622. The predicted molar refractivity (Wildman–Crippen MR) is 45.4 cm³/mol. The van der Waals surface area contributed by atoms with Gasteiger partial charge in [0, 0.05) is 0 Å². The highest BCUT2D eigenvalue weighted by molar-refractivity contribution is 4.62. The Morgan fingerprint density at radius 3 is 2.36 bits per heavy atom. The van der Waals surface area contributed by atoms with E-state index in [0.29, 0.717) is 19.6 Å². The second-order valence-corrected chi connectivity index (χ2v) is 3.65. The standard InChI is InChI=1S/C8H19NO2/c1-8(2,3)11-6-7(10)4-5-9/h7,10H,4-6,9H2,1-3H3/t7-/m1/s1. The van der Waals surface area contributed by atoms with E-state index in [1.807, 2.05) is 20.8 Å². The molecule has 1 atom stereocenters. The van der Waals surface area contributed by atoms with E-state index in [4.69, 9.17) is 10.5 Å². The van der Waals surface area contributed by atoms with Gasteiger partial charge < -0.3 is 15.6 Å². The summed E-state index contributed by atoms with van der Waals surface area (Å²) in [5, 5.41) is 9.21. The lowest BCUT2D eigenvalue weighted by Gasteiger charge is -2.21. The van der Waals surface area contributed by atoms with Gasteiger partial charge in [0.25, 0.3) is 0 Å². The summed E-state index contributed by atoms with van der Waals surface area (Å²) in [7, 11) is 0. The number of rotatable bonds is 4. The SMILES string of the molecule is CC(C)(C)OC[C@H](O)CCN. The van der Waals surface area contributed by atoms with Crippen LogP contribution in [-0.4, -0.2) is 30.0 Å². The number of hydrogen-bond donors (Lipinski definition) is 2. The fourth-order valence-corrected chi connectivity index (χ4v) is 0.622. The molecule has 3 heteroatoms. The molecule has 0 aromatic heterocycles. The van der Waals surface area contributed by atoms with Crippen LogP contribution in [0.15, 0.2) is 0 Å². The van der Waals surface area contributed by atoms with Gasteiger partial charge in [-0.2, -0.15) is 0 Å². The van der Waals surface area contributed by atoms with E-state index in [9.17, 15) is 5.11 Å². The quantitative estimate of drug-likeness (QED) is 0.631. The van der Waals surface area contributed by atoms with E-state index >= 15 is 0 Å². The van der Waals surface area contributed by atoms with Crippen molar-refractivity contribution in [2.24, 2.45) is 5.73 Å². The Balaban J connectivity index is 3.38. The van der Waals surface area contributed by atoms with E-state index in [0.717, 1.165) is 0 Å². The molecular weight excluding hydrogens is 142 g/mol. The van der Waals surface area contributed by atoms with Crippen molar-refractivity contribution in [1.29, 1.82) is 0 Å². The van der Waals surface area contributed by atoms with Crippen molar-refractivity contribution in [2.75, 3.05) is 13.2 Å². The first-order chi connectivity index (χ1) is 4.95. The second-order valence-electron chi connectivity index (χ2n) is 3.65. The lowest BCUT2D eigenvalue weighted by atomic mass is 10.2. The van der Waals surface area contributed by atoms with Gasteiger partial charge in [0.15, 0.2) is 0 Å². The van der Waals surface area contributed by atoms with Gasteiger partial charge in [0.2, 0.25) is 0 Å².